The maximum absolute atomic E-state index is 11.3. The van der Waals surface area contributed by atoms with E-state index in [4.69, 9.17) is 0 Å². The Morgan fingerprint density at radius 2 is 2.06 bits per heavy atom. The predicted octanol–water partition coefficient (Wildman–Crippen LogP) is 1.80. The van der Waals surface area contributed by atoms with Crippen LogP contribution in [0.3, 0.4) is 0 Å². The van der Waals surface area contributed by atoms with Crippen molar-refractivity contribution in [2.75, 3.05) is 18.4 Å². The molecule has 0 unspecified atom stereocenters. The van der Waals surface area contributed by atoms with Crippen molar-refractivity contribution in [1.29, 1.82) is 0 Å². The maximum atomic E-state index is 11.3. The van der Waals surface area contributed by atoms with E-state index in [9.17, 15) is 4.79 Å². The van der Waals surface area contributed by atoms with Gasteiger partial charge in [-0.25, -0.2) is 0 Å². The van der Waals surface area contributed by atoms with Crippen molar-refractivity contribution >= 4 is 11.6 Å². The molecule has 88 valence electrons. The highest BCUT2D eigenvalue weighted by Crippen LogP contribution is 2.02. The molecule has 0 aliphatic rings. The van der Waals surface area contributed by atoms with Gasteiger partial charge in [-0.05, 0) is 18.6 Å². The number of rotatable bonds is 7. The molecule has 0 atom stereocenters. The fourth-order valence-electron chi connectivity index (χ4n) is 1.28. The molecular weight excluding hydrogens is 202 g/mol. The second-order valence-corrected chi connectivity index (χ2v) is 3.62. The molecule has 0 radical (unpaired) electrons. The first-order valence-electron chi connectivity index (χ1n) is 5.73. The van der Waals surface area contributed by atoms with Gasteiger partial charge in [-0.3, -0.25) is 9.78 Å². The molecule has 0 saturated heterocycles. The third-order valence-corrected chi connectivity index (χ3v) is 2.21. The number of carbonyl (C=O) groups excluding carboxylic acids is 1. The van der Waals surface area contributed by atoms with Gasteiger partial charge in [0.15, 0.2) is 0 Å². The molecule has 1 rings (SSSR count). The fourth-order valence-corrected chi connectivity index (χ4v) is 1.28. The minimum Gasteiger partial charge on any atom is -0.384 e. The molecule has 16 heavy (non-hydrogen) atoms. The van der Waals surface area contributed by atoms with Gasteiger partial charge in [0.05, 0.1) is 0 Å². The normalized spacial score (nSPS) is 9.81. The number of hydrogen-bond acceptors (Lipinski definition) is 3. The molecule has 0 aromatic carbocycles. The van der Waals surface area contributed by atoms with Crippen molar-refractivity contribution in [1.82, 2.24) is 10.3 Å². The van der Waals surface area contributed by atoms with Gasteiger partial charge in [0.1, 0.15) is 0 Å². The van der Waals surface area contributed by atoms with Crippen molar-refractivity contribution in [3.63, 3.8) is 0 Å². The van der Waals surface area contributed by atoms with Gasteiger partial charge in [-0.2, -0.15) is 0 Å². The summed E-state index contributed by atoms with van der Waals surface area (Å²) in [6, 6.07) is 3.77. The zero-order valence-electron chi connectivity index (χ0n) is 9.70. The summed E-state index contributed by atoms with van der Waals surface area (Å²) >= 11 is 0. The molecular formula is C12H19N3O. The Kier molecular flexibility index (Phi) is 5.99. The first-order chi connectivity index (χ1) is 7.83. The van der Waals surface area contributed by atoms with Crippen LogP contribution in [0.1, 0.15) is 26.2 Å². The molecule has 1 heterocycles. The molecule has 1 amide bonds. The van der Waals surface area contributed by atoms with Crippen molar-refractivity contribution < 1.29 is 4.79 Å². The summed E-state index contributed by atoms with van der Waals surface area (Å²) in [6.45, 7) is 3.55. The molecule has 4 heteroatoms. The average molecular weight is 221 g/mol. The summed E-state index contributed by atoms with van der Waals surface area (Å²) in [5.41, 5.74) is 0.997. The van der Waals surface area contributed by atoms with E-state index in [1.54, 1.807) is 12.4 Å². The zero-order valence-corrected chi connectivity index (χ0v) is 9.70. The van der Waals surface area contributed by atoms with E-state index in [-0.39, 0.29) is 5.91 Å². The van der Waals surface area contributed by atoms with Gasteiger partial charge in [-0.15, -0.1) is 0 Å². The number of nitrogens with zero attached hydrogens (tertiary/aromatic N) is 1. The minimum atomic E-state index is 0.106. The second-order valence-electron chi connectivity index (χ2n) is 3.62. The van der Waals surface area contributed by atoms with E-state index in [0.717, 1.165) is 25.1 Å². The number of amides is 1. The van der Waals surface area contributed by atoms with Gasteiger partial charge < -0.3 is 10.6 Å². The molecule has 0 aliphatic carbocycles. The van der Waals surface area contributed by atoms with Gasteiger partial charge in [0.25, 0.3) is 0 Å². The number of anilines is 1. The van der Waals surface area contributed by atoms with Crippen LogP contribution < -0.4 is 10.6 Å². The highest BCUT2D eigenvalue weighted by Gasteiger charge is 1.99. The standard InChI is InChI=1S/C12H19N3O/c1-2-3-7-15-12(16)6-10-14-11-4-8-13-9-5-11/h4-5,8-9H,2-3,6-7,10H2,1H3,(H,13,14)(H,15,16). The Hall–Kier alpha value is -1.58. The molecule has 4 nitrogen and oxygen atoms in total. The van der Waals surface area contributed by atoms with Crippen molar-refractivity contribution in [3.05, 3.63) is 24.5 Å². The fraction of sp³-hybridized carbons (Fsp3) is 0.500. The Labute approximate surface area is 96.5 Å². The van der Waals surface area contributed by atoms with E-state index in [2.05, 4.69) is 22.5 Å². The third kappa shape index (κ3) is 5.34. The van der Waals surface area contributed by atoms with E-state index in [1.807, 2.05) is 12.1 Å². The van der Waals surface area contributed by atoms with Crippen molar-refractivity contribution in [2.45, 2.75) is 26.2 Å². The quantitative estimate of drug-likeness (QED) is 0.690. The lowest BCUT2D eigenvalue weighted by Crippen LogP contribution is -2.26. The number of pyridine rings is 1. The van der Waals surface area contributed by atoms with E-state index in [1.165, 1.54) is 0 Å². The topological polar surface area (TPSA) is 54.0 Å². The first-order valence-corrected chi connectivity index (χ1v) is 5.73. The van der Waals surface area contributed by atoms with Gasteiger partial charge in [-0.1, -0.05) is 13.3 Å². The van der Waals surface area contributed by atoms with Crippen LogP contribution in [-0.2, 0) is 4.79 Å². The summed E-state index contributed by atoms with van der Waals surface area (Å²) in [7, 11) is 0. The van der Waals surface area contributed by atoms with Crippen LogP contribution >= 0.6 is 0 Å². The van der Waals surface area contributed by atoms with E-state index < -0.39 is 0 Å². The van der Waals surface area contributed by atoms with Crippen LogP contribution in [0, 0.1) is 0 Å². The van der Waals surface area contributed by atoms with Gasteiger partial charge >= 0.3 is 0 Å². The third-order valence-electron chi connectivity index (χ3n) is 2.21. The van der Waals surface area contributed by atoms with Crippen LogP contribution in [0.25, 0.3) is 0 Å². The minimum absolute atomic E-state index is 0.106. The van der Waals surface area contributed by atoms with Crippen LogP contribution in [0.2, 0.25) is 0 Å². The molecule has 0 saturated carbocycles. The lowest BCUT2D eigenvalue weighted by atomic mass is 10.3. The molecule has 1 aromatic rings. The SMILES string of the molecule is CCCCNC(=O)CCNc1ccncc1. The molecule has 1 aromatic heterocycles. The van der Waals surface area contributed by atoms with Crippen molar-refractivity contribution in [2.24, 2.45) is 0 Å². The smallest absolute Gasteiger partial charge is 0.221 e. The summed E-state index contributed by atoms with van der Waals surface area (Å²) in [6.07, 6.45) is 6.11. The highest BCUT2D eigenvalue weighted by molar-refractivity contribution is 5.76. The number of hydrogen-bond donors (Lipinski definition) is 2. The Bertz CT molecular complexity index is 300. The lowest BCUT2D eigenvalue weighted by molar-refractivity contribution is -0.120. The summed E-state index contributed by atoms with van der Waals surface area (Å²) in [5, 5.41) is 6.04. The highest BCUT2D eigenvalue weighted by atomic mass is 16.1. The number of aromatic nitrogens is 1. The van der Waals surface area contributed by atoms with E-state index in [0.29, 0.717) is 13.0 Å². The molecule has 0 aliphatic heterocycles. The lowest BCUT2D eigenvalue weighted by Gasteiger charge is -2.06. The van der Waals surface area contributed by atoms with Gasteiger partial charge in [0, 0.05) is 37.6 Å². The first kappa shape index (κ1) is 12.5. The monoisotopic (exact) mass is 221 g/mol. The average Bonchev–Trinajstić information content (AvgIpc) is 2.31. The second kappa shape index (κ2) is 7.68. The summed E-state index contributed by atoms with van der Waals surface area (Å²) < 4.78 is 0. The summed E-state index contributed by atoms with van der Waals surface area (Å²) in [4.78, 5) is 15.3. The zero-order chi connectivity index (χ0) is 11.6. The molecule has 2 N–H and O–H groups in total. The number of unbranched alkanes of at least 4 members (excludes halogenated alkanes) is 1. The predicted molar refractivity (Wildman–Crippen MR) is 65.3 cm³/mol. The van der Waals surface area contributed by atoms with Crippen LogP contribution in [0.15, 0.2) is 24.5 Å². The molecule has 0 bridgehead atoms. The van der Waals surface area contributed by atoms with Crippen LogP contribution in [0.4, 0.5) is 5.69 Å². The summed E-state index contributed by atoms with van der Waals surface area (Å²) in [5.74, 6) is 0.106. The Morgan fingerprint density at radius 1 is 1.31 bits per heavy atom. The largest absolute Gasteiger partial charge is 0.384 e. The maximum Gasteiger partial charge on any atom is 0.221 e. The Morgan fingerprint density at radius 3 is 2.75 bits per heavy atom. The number of nitrogens with one attached hydrogen (secondary N) is 2. The van der Waals surface area contributed by atoms with Crippen LogP contribution in [-0.4, -0.2) is 24.0 Å². The van der Waals surface area contributed by atoms with Crippen LogP contribution in [0.5, 0.6) is 0 Å². The Balaban J connectivity index is 2.09. The number of carbonyl (C=O) groups is 1. The molecule has 0 fully saturated rings. The van der Waals surface area contributed by atoms with Gasteiger partial charge in [0.2, 0.25) is 5.91 Å². The van der Waals surface area contributed by atoms with Crippen molar-refractivity contribution in [3.8, 4) is 0 Å². The van der Waals surface area contributed by atoms with E-state index >= 15 is 0 Å². The molecule has 0 spiro atoms.